The van der Waals surface area contributed by atoms with Crippen LogP contribution in [-0.2, 0) is 21.3 Å². The molecule has 3 atom stereocenters. The van der Waals surface area contributed by atoms with Crippen LogP contribution >= 0.6 is 12.2 Å². The van der Waals surface area contributed by atoms with E-state index in [1.807, 2.05) is 35.2 Å². The second kappa shape index (κ2) is 10.1. The summed E-state index contributed by atoms with van der Waals surface area (Å²) in [6.07, 6.45) is 7.26. The Kier molecular flexibility index (Phi) is 6.87. The Morgan fingerprint density at radius 2 is 2.11 bits per heavy atom. The number of methoxy groups -OCH3 is 1. The van der Waals surface area contributed by atoms with Crippen molar-refractivity contribution < 1.29 is 17.9 Å². The lowest BCUT2D eigenvalue weighted by atomic mass is 10.0. The van der Waals surface area contributed by atoms with Crippen molar-refractivity contribution in [2.24, 2.45) is 0 Å². The monoisotopic (exact) mass is 527 g/mol. The van der Waals surface area contributed by atoms with Gasteiger partial charge >= 0.3 is 0 Å². The van der Waals surface area contributed by atoms with Crippen molar-refractivity contribution in [2.45, 2.75) is 37.6 Å². The number of pyridine rings is 1. The first-order chi connectivity index (χ1) is 17.3. The molecule has 0 spiro atoms. The van der Waals surface area contributed by atoms with E-state index >= 15 is 0 Å². The summed E-state index contributed by atoms with van der Waals surface area (Å²) in [6.45, 7) is 1.56. The van der Waals surface area contributed by atoms with Gasteiger partial charge in [0.25, 0.3) is 0 Å². The Hall–Kier alpha value is -3.15. The summed E-state index contributed by atoms with van der Waals surface area (Å²) in [5.41, 5.74) is 3.09. The fourth-order valence-corrected chi connectivity index (χ4v) is 5.83. The summed E-state index contributed by atoms with van der Waals surface area (Å²) in [4.78, 5) is 6.66. The van der Waals surface area contributed by atoms with Gasteiger partial charge in [-0.25, -0.2) is 8.42 Å². The van der Waals surface area contributed by atoms with Crippen LogP contribution in [-0.4, -0.2) is 49.2 Å². The van der Waals surface area contributed by atoms with Crippen LogP contribution in [0.4, 0.5) is 11.4 Å². The number of thiocarbonyl (C=S) groups is 1. The highest BCUT2D eigenvalue weighted by molar-refractivity contribution is 7.92. The average molecular weight is 528 g/mol. The van der Waals surface area contributed by atoms with Crippen LogP contribution in [0.15, 0.2) is 60.9 Å². The third-order valence-electron chi connectivity index (χ3n) is 6.45. The topological polar surface area (TPSA) is 97.7 Å². The molecule has 9 nitrogen and oxygen atoms in total. The fraction of sp³-hybridized carbons (Fsp3) is 0.360. The maximum absolute atomic E-state index is 11.8. The molecule has 11 heteroatoms. The zero-order valence-electron chi connectivity index (χ0n) is 20.1. The van der Waals surface area contributed by atoms with E-state index < -0.39 is 10.0 Å². The molecule has 2 N–H and O–H groups in total. The van der Waals surface area contributed by atoms with Gasteiger partial charge in [-0.1, -0.05) is 6.07 Å². The highest BCUT2D eigenvalue weighted by Gasteiger charge is 2.42. The molecule has 0 bridgehead atoms. The van der Waals surface area contributed by atoms with Gasteiger partial charge in [0.1, 0.15) is 11.8 Å². The van der Waals surface area contributed by atoms with E-state index in [2.05, 4.69) is 31.9 Å². The first-order valence-corrected chi connectivity index (χ1v) is 14.1. The molecule has 0 aliphatic carbocycles. The molecule has 2 aromatic heterocycles. The van der Waals surface area contributed by atoms with Gasteiger partial charge in [-0.15, -0.1) is 0 Å². The van der Waals surface area contributed by atoms with Gasteiger partial charge in [0.2, 0.25) is 10.0 Å². The van der Waals surface area contributed by atoms with E-state index in [0.717, 1.165) is 49.3 Å². The number of rotatable bonds is 8. The maximum atomic E-state index is 11.8. The molecule has 2 aliphatic heterocycles. The quantitative estimate of drug-likeness (QED) is 0.429. The smallest absolute Gasteiger partial charge is 0.229 e. The summed E-state index contributed by atoms with van der Waals surface area (Å²) in [5, 5.41) is 4.01. The first kappa shape index (κ1) is 24.5. The minimum absolute atomic E-state index is 0.181. The second-order valence-electron chi connectivity index (χ2n) is 8.98. The SMILES string of the molecule is COc1cc(N2C(=S)N[C@H](c3ccccn3)[C@@H]2c2cccn2C[C@H]2CCCO2)ccc1NS(C)(=O)=O. The van der Waals surface area contributed by atoms with Gasteiger partial charge in [0, 0.05) is 43.0 Å². The minimum atomic E-state index is -3.47. The highest BCUT2D eigenvalue weighted by Crippen LogP contribution is 2.43. The van der Waals surface area contributed by atoms with Crippen molar-refractivity contribution in [1.29, 1.82) is 0 Å². The second-order valence-corrected chi connectivity index (χ2v) is 11.1. The first-order valence-electron chi connectivity index (χ1n) is 11.8. The van der Waals surface area contributed by atoms with Crippen LogP contribution in [0.1, 0.15) is 36.3 Å². The number of nitrogens with one attached hydrogen (secondary N) is 2. The molecular weight excluding hydrogens is 498 g/mol. The third-order valence-corrected chi connectivity index (χ3v) is 7.35. The number of ether oxygens (including phenoxy) is 2. The Labute approximate surface area is 216 Å². The summed E-state index contributed by atoms with van der Waals surface area (Å²) in [5.74, 6) is 0.399. The third kappa shape index (κ3) is 5.04. The Bertz CT molecular complexity index is 1340. The van der Waals surface area contributed by atoms with Crippen molar-refractivity contribution in [3.63, 3.8) is 0 Å². The number of nitrogens with zero attached hydrogens (tertiary/aromatic N) is 3. The average Bonchev–Trinajstić information content (AvgIpc) is 3.60. The summed E-state index contributed by atoms with van der Waals surface area (Å²) in [6, 6.07) is 14.9. The van der Waals surface area contributed by atoms with Crippen LogP contribution in [0.3, 0.4) is 0 Å². The van der Waals surface area contributed by atoms with Crippen LogP contribution in [0.5, 0.6) is 5.75 Å². The summed E-state index contributed by atoms with van der Waals surface area (Å²) < 4.78 is 39.8. The lowest BCUT2D eigenvalue weighted by molar-refractivity contribution is 0.0961. The van der Waals surface area contributed by atoms with Gasteiger partial charge in [0.15, 0.2) is 5.11 Å². The Morgan fingerprint density at radius 1 is 1.25 bits per heavy atom. The zero-order valence-corrected chi connectivity index (χ0v) is 21.8. The van der Waals surface area contributed by atoms with E-state index in [0.29, 0.717) is 16.5 Å². The predicted octanol–water partition coefficient (Wildman–Crippen LogP) is 3.62. The number of hydrogen-bond donors (Lipinski definition) is 2. The molecule has 2 fully saturated rings. The maximum Gasteiger partial charge on any atom is 0.229 e. The van der Waals surface area contributed by atoms with Gasteiger partial charge in [0.05, 0.1) is 36.9 Å². The van der Waals surface area contributed by atoms with Gasteiger partial charge in [-0.3, -0.25) is 9.71 Å². The molecule has 3 aromatic rings. The number of anilines is 2. The van der Waals surface area contributed by atoms with Crippen molar-refractivity contribution >= 4 is 38.7 Å². The Morgan fingerprint density at radius 3 is 2.81 bits per heavy atom. The van der Waals surface area contributed by atoms with E-state index in [1.54, 1.807) is 18.3 Å². The van der Waals surface area contributed by atoms with Gasteiger partial charge in [-0.2, -0.15) is 0 Å². The lowest BCUT2D eigenvalue weighted by Crippen LogP contribution is -2.31. The zero-order chi connectivity index (χ0) is 25.3. The van der Waals surface area contributed by atoms with Crippen LogP contribution < -0.4 is 19.7 Å². The van der Waals surface area contributed by atoms with E-state index in [4.69, 9.17) is 21.7 Å². The van der Waals surface area contributed by atoms with E-state index in [-0.39, 0.29) is 18.2 Å². The normalized spacial score (nSPS) is 22.0. The molecule has 4 heterocycles. The predicted molar refractivity (Wildman–Crippen MR) is 143 cm³/mol. The molecule has 0 radical (unpaired) electrons. The molecule has 1 aromatic carbocycles. The summed E-state index contributed by atoms with van der Waals surface area (Å²) >= 11 is 5.84. The number of aromatic nitrogens is 2. The minimum Gasteiger partial charge on any atom is -0.494 e. The van der Waals surface area contributed by atoms with Crippen molar-refractivity contribution in [3.8, 4) is 5.75 Å². The fourth-order valence-electron chi connectivity index (χ4n) is 4.92. The molecular formula is C25H29N5O4S2. The van der Waals surface area contributed by atoms with Gasteiger partial charge in [-0.05, 0) is 61.5 Å². The molecule has 2 saturated heterocycles. The van der Waals surface area contributed by atoms with Crippen LogP contribution in [0.2, 0.25) is 0 Å². The standard InChI is InChI=1S/C25H29N5O4S2/c1-33-22-15-17(10-11-19(22)28-36(2,31)32)30-24(23(27-25(30)35)20-8-3-4-12-26-20)21-9-5-13-29(21)16-18-7-6-14-34-18/h3-5,8-13,15,18,23-24,28H,6-7,14,16H2,1-2H3,(H,27,35)/t18-,23-,24+/m1/s1. The lowest BCUT2D eigenvalue weighted by Gasteiger charge is -2.30. The van der Waals surface area contributed by atoms with Crippen molar-refractivity contribution in [1.82, 2.24) is 14.9 Å². The largest absolute Gasteiger partial charge is 0.494 e. The summed E-state index contributed by atoms with van der Waals surface area (Å²) in [7, 11) is -1.96. The molecule has 0 unspecified atom stereocenters. The number of sulfonamides is 1. The molecule has 36 heavy (non-hydrogen) atoms. The molecule has 2 aliphatic rings. The number of benzene rings is 1. The van der Waals surface area contributed by atoms with Crippen LogP contribution in [0, 0.1) is 0 Å². The molecule has 0 saturated carbocycles. The van der Waals surface area contributed by atoms with E-state index in [1.165, 1.54) is 7.11 Å². The van der Waals surface area contributed by atoms with Crippen molar-refractivity contribution in [3.05, 3.63) is 72.3 Å². The van der Waals surface area contributed by atoms with Crippen LogP contribution in [0.25, 0.3) is 0 Å². The van der Waals surface area contributed by atoms with Crippen molar-refractivity contribution in [2.75, 3.05) is 29.6 Å². The molecule has 5 rings (SSSR count). The molecule has 190 valence electrons. The highest BCUT2D eigenvalue weighted by atomic mass is 32.2. The Balaban J connectivity index is 1.57. The van der Waals surface area contributed by atoms with E-state index in [9.17, 15) is 8.42 Å². The van der Waals surface area contributed by atoms with Gasteiger partial charge < -0.3 is 24.3 Å². The molecule has 0 amide bonds. The number of hydrogen-bond acceptors (Lipinski definition) is 6.